The molecule has 2 rings (SSSR count). The third-order valence-corrected chi connectivity index (χ3v) is 4.26. The van der Waals surface area contributed by atoms with E-state index in [1.807, 2.05) is 0 Å². The molecule has 2 unspecified atom stereocenters. The maximum absolute atomic E-state index is 13.9. The van der Waals surface area contributed by atoms with Crippen molar-refractivity contribution in [2.75, 3.05) is 6.54 Å². The minimum Gasteiger partial charge on any atom is -0.444 e. The Hall–Kier alpha value is -1.76. The summed E-state index contributed by atoms with van der Waals surface area (Å²) in [6.45, 7) is 5.07. The van der Waals surface area contributed by atoms with Crippen molar-refractivity contribution in [1.82, 2.24) is 4.90 Å². The molecule has 1 aliphatic rings. The number of alkyl halides is 3. The summed E-state index contributed by atoms with van der Waals surface area (Å²) in [5, 5.41) is 10.8. The van der Waals surface area contributed by atoms with Gasteiger partial charge in [0, 0.05) is 6.54 Å². The maximum atomic E-state index is 13.9. The first-order chi connectivity index (χ1) is 11.5. The lowest BCUT2D eigenvalue weighted by atomic mass is 9.80. The Balaban J connectivity index is 2.45. The fourth-order valence-corrected chi connectivity index (χ4v) is 3.14. The fourth-order valence-electron chi connectivity index (χ4n) is 3.14. The Morgan fingerprint density at radius 2 is 1.76 bits per heavy atom. The fraction of sp³-hybridized carbons (Fsp3) is 0.611. The Morgan fingerprint density at radius 1 is 1.16 bits per heavy atom. The second-order valence-corrected chi connectivity index (χ2v) is 7.32. The maximum Gasteiger partial charge on any atom is 0.423 e. The van der Waals surface area contributed by atoms with Crippen molar-refractivity contribution in [3.8, 4) is 0 Å². The molecule has 4 nitrogen and oxygen atoms in total. The summed E-state index contributed by atoms with van der Waals surface area (Å²) >= 11 is 0. The van der Waals surface area contributed by atoms with Gasteiger partial charge in [0.1, 0.15) is 5.60 Å². The van der Waals surface area contributed by atoms with E-state index in [0.29, 0.717) is 12.8 Å². The van der Waals surface area contributed by atoms with E-state index in [1.54, 1.807) is 26.8 Å². The van der Waals surface area contributed by atoms with Crippen LogP contribution in [0.2, 0.25) is 0 Å². The Labute approximate surface area is 145 Å². The smallest absolute Gasteiger partial charge is 0.423 e. The van der Waals surface area contributed by atoms with E-state index >= 15 is 0 Å². The lowest BCUT2D eigenvalue weighted by molar-refractivity contribution is -0.289. The van der Waals surface area contributed by atoms with Gasteiger partial charge in [0.15, 0.2) is 0 Å². The molecule has 1 heterocycles. The van der Waals surface area contributed by atoms with Crippen LogP contribution in [0.25, 0.3) is 0 Å². The number of piperidine rings is 1. The highest BCUT2D eigenvalue weighted by molar-refractivity contribution is 5.69. The Morgan fingerprint density at radius 3 is 2.28 bits per heavy atom. The molecule has 0 spiro atoms. The molecule has 1 saturated heterocycles. The molecular formula is C18H24F3NO3. The number of halogens is 3. The van der Waals surface area contributed by atoms with E-state index < -0.39 is 29.5 Å². The van der Waals surface area contributed by atoms with Crippen LogP contribution in [0.3, 0.4) is 0 Å². The number of ether oxygens (including phenoxy) is 1. The predicted octanol–water partition coefficient (Wildman–Crippen LogP) is 4.23. The second kappa shape index (κ2) is 6.86. The van der Waals surface area contributed by atoms with Crippen LogP contribution in [0.5, 0.6) is 0 Å². The van der Waals surface area contributed by atoms with Crippen molar-refractivity contribution in [3.63, 3.8) is 0 Å². The zero-order valence-electron chi connectivity index (χ0n) is 14.6. The third kappa shape index (κ3) is 4.08. The summed E-state index contributed by atoms with van der Waals surface area (Å²) in [6.07, 6.45) is -4.66. The number of benzene rings is 1. The number of hydrogen-bond donors (Lipinski definition) is 1. The summed E-state index contributed by atoms with van der Waals surface area (Å²) < 4.78 is 47.0. The van der Waals surface area contributed by atoms with E-state index in [1.165, 1.54) is 24.3 Å². The van der Waals surface area contributed by atoms with Gasteiger partial charge in [0.25, 0.3) is 0 Å². The zero-order chi connectivity index (χ0) is 18.9. The number of hydrogen-bond acceptors (Lipinski definition) is 3. The van der Waals surface area contributed by atoms with Crippen LogP contribution in [0.1, 0.15) is 45.6 Å². The molecular weight excluding hydrogens is 335 g/mol. The average molecular weight is 359 g/mol. The third-order valence-electron chi connectivity index (χ3n) is 4.26. The van der Waals surface area contributed by atoms with Gasteiger partial charge in [-0.05, 0) is 45.6 Å². The van der Waals surface area contributed by atoms with Crippen molar-refractivity contribution < 1.29 is 27.8 Å². The lowest BCUT2D eigenvalue weighted by Gasteiger charge is -2.46. The minimum atomic E-state index is -4.93. The summed E-state index contributed by atoms with van der Waals surface area (Å²) in [5.74, 6) is 0. The number of carbonyl (C=O) groups excluding carboxylic acids is 1. The highest BCUT2D eigenvalue weighted by Crippen LogP contribution is 2.46. The van der Waals surface area contributed by atoms with E-state index in [9.17, 15) is 23.1 Å². The SMILES string of the molecule is CC(C)(C)OC(=O)N1CCCCC1C(O)(c1ccccc1)C(F)(F)F. The number of rotatable bonds is 2. The standard InChI is InChI=1S/C18H24F3NO3/c1-16(2,3)25-15(23)22-12-8-7-11-14(22)17(24,18(19,20)21)13-9-5-4-6-10-13/h4-6,9-10,14,24H,7-8,11-12H2,1-3H3. The van der Waals surface area contributed by atoms with Crippen LogP contribution < -0.4 is 0 Å². The number of amides is 1. The molecule has 1 amide bonds. The molecule has 1 aromatic rings. The van der Waals surface area contributed by atoms with E-state index in [4.69, 9.17) is 4.74 Å². The monoisotopic (exact) mass is 359 g/mol. The number of aliphatic hydroxyl groups is 1. The first-order valence-corrected chi connectivity index (χ1v) is 8.31. The van der Waals surface area contributed by atoms with Crippen LogP contribution in [0.15, 0.2) is 30.3 Å². The van der Waals surface area contributed by atoms with Gasteiger partial charge in [0.2, 0.25) is 5.60 Å². The molecule has 0 aliphatic carbocycles. The molecule has 1 aliphatic heterocycles. The number of carbonyl (C=O) groups is 1. The van der Waals surface area contributed by atoms with Gasteiger partial charge in [0.05, 0.1) is 6.04 Å². The molecule has 0 aromatic heterocycles. The first-order valence-electron chi connectivity index (χ1n) is 8.31. The zero-order valence-corrected chi connectivity index (χ0v) is 14.6. The molecule has 25 heavy (non-hydrogen) atoms. The van der Waals surface area contributed by atoms with Crippen LogP contribution in [0.4, 0.5) is 18.0 Å². The van der Waals surface area contributed by atoms with Crippen molar-refractivity contribution in [3.05, 3.63) is 35.9 Å². The van der Waals surface area contributed by atoms with Crippen molar-refractivity contribution in [2.45, 2.75) is 63.5 Å². The quantitative estimate of drug-likeness (QED) is 0.860. The molecule has 1 fully saturated rings. The topological polar surface area (TPSA) is 49.8 Å². The number of likely N-dealkylation sites (tertiary alicyclic amines) is 1. The molecule has 7 heteroatoms. The van der Waals surface area contributed by atoms with E-state index in [0.717, 1.165) is 4.90 Å². The largest absolute Gasteiger partial charge is 0.444 e. The molecule has 1 N–H and O–H groups in total. The van der Waals surface area contributed by atoms with Gasteiger partial charge in [-0.15, -0.1) is 0 Å². The highest BCUT2D eigenvalue weighted by Gasteiger charge is 2.62. The summed E-state index contributed by atoms with van der Waals surface area (Å²) in [4.78, 5) is 13.5. The van der Waals surface area contributed by atoms with Crippen molar-refractivity contribution in [1.29, 1.82) is 0 Å². The van der Waals surface area contributed by atoms with Crippen molar-refractivity contribution in [2.24, 2.45) is 0 Å². The summed E-state index contributed by atoms with van der Waals surface area (Å²) in [5.41, 5.74) is -4.25. The second-order valence-electron chi connectivity index (χ2n) is 7.32. The molecule has 0 radical (unpaired) electrons. The summed E-state index contributed by atoms with van der Waals surface area (Å²) in [7, 11) is 0. The van der Waals surface area contributed by atoms with Crippen LogP contribution in [0, 0.1) is 0 Å². The molecule has 0 saturated carbocycles. The lowest BCUT2D eigenvalue weighted by Crippen LogP contribution is -2.61. The first kappa shape index (κ1) is 19.6. The van der Waals surface area contributed by atoms with Crippen LogP contribution >= 0.6 is 0 Å². The Kier molecular flexibility index (Phi) is 5.37. The van der Waals surface area contributed by atoms with Crippen LogP contribution in [-0.4, -0.2) is 40.5 Å². The molecule has 0 bridgehead atoms. The van der Waals surface area contributed by atoms with Gasteiger partial charge in [-0.1, -0.05) is 30.3 Å². The normalized spacial score (nSPS) is 21.6. The van der Waals surface area contributed by atoms with E-state index in [2.05, 4.69) is 0 Å². The minimum absolute atomic E-state index is 0.0458. The van der Waals surface area contributed by atoms with Gasteiger partial charge in [-0.25, -0.2) is 4.79 Å². The van der Waals surface area contributed by atoms with Gasteiger partial charge in [-0.3, -0.25) is 0 Å². The average Bonchev–Trinajstić information content (AvgIpc) is 2.52. The van der Waals surface area contributed by atoms with Gasteiger partial charge < -0.3 is 14.7 Å². The van der Waals surface area contributed by atoms with Crippen molar-refractivity contribution >= 4 is 6.09 Å². The van der Waals surface area contributed by atoms with Gasteiger partial charge in [-0.2, -0.15) is 13.2 Å². The van der Waals surface area contributed by atoms with Crippen LogP contribution in [-0.2, 0) is 10.3 Å². The highest BCUT2D eigenvalue weighted by atomic mass is 19.4. The van der Waals surface area contributed by atoms with Gasteiger partial charge >= 0.3 is 12.3 Å². The summed E-state index contributed by atoms with van der Waals surface area (Å²) in [6, 6.07) is 5.48. The Bertz CT molecular complexity index is 598. The number of nitrogens with zero attached hydrogens (tertiary/aromatic N) is 1. The molecule has 1 aromatic carbocycles. The predicted molar refractivity (Wildman–Crippen MR) is 87.0 cm³/mol. The molecule has 2 atom stereocenters. The molecule has 140 valence electrons. The van der Waals surface area contributed by atoms with E-state index in [-0.39, 0.29) is 18.5 Å².